The fourth-order valence-electron chi connectivity index (χ4n) is 3.74. The van der Waals surface area contributed by atoms with E-state index in [4.69, 9.17) is 4.74 Å². The van der Waals surface area contributed by atoms with E-state index in [0.29, 0.717) is 12.2 Å². The number of benzene rings is 1. The number of ether oxygens (including phenoxy) is 1. The molecule has 0 amide bonds. The predicted octanol–water partition coefficient (Wildman–Crippen LogP) is 3.48. The molecule has 1 atom stereocenters. The molecule has 1 unspecified atom stereocenters. The molecule has 2 rings (SSSR count). The number of hydrogen-bond acceptors (Lipinski definition) is 3. The summed E-state index contributed by atoms with van der Waals surface area (Å²) in [5.74, 6) is -0.543. The zero-order chi connectivity index (χ0) is 18.3. The maximum atomic E-state index is 12.9. The minimum atomic E-state index is -1.52. The molecule has 0 saturated heterocycles. The average Bonchev–Trinajstić information content (AvgIpc) is 2.68. The highest BCUT2D eigenvalue weighted by Gasteiger charge is 2.47. The Kier molecular flexibility index (Phi) is 7.03. The van der Waals surface area contributed by atoms with Gasteiger partial charge in [0.05, 0.1) is 20.1 Å². The number of nitrogens with zero attached hydrogens (tertiary/aromatic N) is 1. The molecule has 140 valence electrons. The van der Waals surface area contributed by atoms with Crippen molar-refractivity contribution >= 4 is 5.97 Å². The second-order valence-electron chi connectivity index (χ2n) is 7.58. The number of carbonyl (C=O) groups is 1. The van der Waals surface area contributed by atoms with E-state index in [1.807, 2.05) is 30.3 Å². The molecule has 0 bridgehead atoms. The first kappa shape index (κ1) is 19.9. The van der Waals surface area contributed by atoms with Crippen molar-refractivity contribution in [3.8, 4) is 0 Å². The molecule has 0 radical (unpaired) electrons. The monoisotopic (exact) mass is 347 g/mol. The Balaban J connectivity index is 2.13. The van der Waals surface area contributed by atoms with E-state index >= 15 is 0 Å². The Morgan fingerprint density at radius 2 is 1.76 bits per heavy atom. The maximum absolute atomic E-state index is 12.9. The Bertz CT molecular complexity index is 535. The zero-order valence-corrected chi connectivity index (χ0v) is 16.0. The third kappa shape index (κ3) is 4.62. The Hall–Kier alpha value is -1.39. The van der Waals surface area contributed by atoms with E-state index < -0.39 is 11.6 Å². The van der Waals surface area contributed by atoms with Crippen LogP contribution in [0.15, 0.2) is 30.3 Å². The van der Waals surface area contributed by atoms with E-state index in [9.17, 15) is 9.90 Å². The maximum Gasteiger partial charge on any atom is 0.343 e. The molecular weight excluding hydrogens is 313 g/mol. The summed E-state index contributed by atoms with van der Waals surface area (Å²) in [6.07, 6.45) is 5.05. The van der Waals surface area contributed by atoms with Crippen LogP contribution in [0.1, 0.15) is 51.5 Å². The summed E-state index contributed by atoms with van der Waals surface area (Å²) in [4.78, 5) is 12.9. The number of carbonyl (C=O) groups excluding carboxylic acids is 1. The largest absolute Gasteiger partial charge is 0.457 e. The van der Waals surface area contributed by atoms with Crippen LogP contribution in [0.3, 0.4) is 0 Å². The summed E-state index contributed by atoms with van der Waals surface area (Å²) in [6, 6.07) is 9.33. The molecule has 0 aromatic heterocycles. The van der Waals surface area contributed by atoms with Crippen LogP contribution in [0.25, 0.3) is 0 Å². The second kappa shape index (κ2) is 8.81. The van der Waals surface area contributed by atoms with Gasteiger partial charge in [-0.2, -0.15) is 0 Å². The van der Waals surface area contributed by atoms with Gasteiger partial charge in [-0.3, -0.25) is 0 Å². The summed E-state index contributed by atoms with van der Waals surface area (Å²) < 4.78 is 6.47. The molecule has 1 aromatic rings. The standard InChI is InChI=1S/C21H34NO3/c1-4-22(3,5-2)16-17-25-20(23)21(24,18-12-8-6-9-13-18)19-14-10-7-11-15-19/h6,8-9,12-13,19,24H,4-5,7,10-11,14-17H2,1-3H3/q+1/i3-1. The van der Waals surface area contributed by atoms with Gasteiger partial charge in [0.2, 0.25) is 0 Å². The van der Waals surface area contributed by atoms with Crippen LogP contribution in [0.4, 0.5) is 0 Å². The normalized spacial score (nSPS) is 18.6. The number of likely N-dealkylation sites (N-methyl/N-ethyl adjacent to an activating group) is 1. The van der Waals surface area contributed by atoms with Gasteiger partial charge in [-0.05, 0) is 32.3 Å². The highest BCUT2D eigenvalue weighted by Crippen LogP contribution is 2.40. The van der Waals surface area contributed by atoms with Gasteiger partial charge in [0.15, 0.2) is 5.60 Å². The molecule has 25 heavy (non-hydrogen) atoms. The van der Waals surface area contributed by atoms with Crippen molar-refractivity contribution in [3.05, 3.63) is 35.9 Å². The van der Waals surface area contributed by atoms with E-state index in [1.165, 1.54) is 6.42 Å². The molecule has 4 heteroatoms. The van der Waals surface area contributed by atoms with Gasteiger partial charge in [0.1, 0.15) is 13.2 Å². The number of quaternary nitrogens is 1. The molecule has 1 aromatic carbocycles. The highest BCUT2D eigenvalue weighted by atomic mass is 16.5. The Labute approximate surface area is 152 Å². The summed E-state index contributed by atoms with van der Waals surface area (Å²) in [7, 11) is 2.17. The van der Waals surface area contributed by atoms with Crippen LogP contribution in [-0.4, -0.2) is 48.8 Å². The molecule has 1 aliphatic carbocycles. The van der Waals surface area contributed by atoms with Gasteiger partial charge in [0.25, 0.3) is 0 Å². The fourth-order valence-corrected chi connectivity index (χ4v) is 3.74. The van der Waals surface area contributed by atoms with Crippen molar-refractivity contribution in [2.75, 3.05) is 33.3 Å². The Morgan fingerprint density at radius 3 is 2.32 bits per heavy atom. The SMILES string of the molecule is CC[N+]([11CH3])(CC)CCOC(=O)C(O)(c1ccccc1)C1CCCCC1. The molecule has 1 N–H and O–H groups in total. The first-order chi connectivity index (χ1) is 12.0. The van der Waals surface area contributed by atoms with Gasteiger partial charge < -0.3 is 14.3 Å². The lowest BCUT2D eigenvalue weighted by Gasteiger charge is -2.37. The van der Waals surface area contributed by atoms with Crippen LogP contribution in [0.5, 0.6) is 0 Å². The van der Waals surface area contributed by atoms with E-state index in [2.05, 4.69) is 20.9 Å². The van der Waals surface area contributed by atoms with Crippen molar-refractivity contribution in [3.63, 3.8) is 0 Å². The highest BCUT2D eigenvalue weighted by molar-refractivity contribution is 5.81. The number of esters is 1. The van der Waals surface area contributed by atoms with E-state index in [-0.39, 0.29) is 5.92 Å². The molecule has 1 aliphatic rings. The number of rotatable bonds is 8. The average molecular weight is 348 g/mol. The summed E-state index contributed by atoms with van der Waals surface area (Å²) >= 11 is 0. The lowest BCUT2D eigenvalue weighted by molar-refractivity contribution is -0.906. The van der Waals surface area contributed by atoms with Crippen LogP contribution in [0.2, 0.25) is 0 Å². The van der Waals surface area contributed by atoms with Gasteiger partial charge in [-0.1, -0.05) is 49.6 Å². The summed E-state index contributed by atoms with van der Waals surface area (Å²) in [6.45, 7) is 7.41. The van der Waals surface area contributed by atoms with Crippen LogP contribution in [-0.2, 0) is 15.1 Å². The minimum Gasteiger partial charge on any atom is -0.457 e. The van der Waals surface area contributed by atoms with E-state index in [1.54, 1.807) is 0 Å². The summed E-state index contributed by atoms with van der Waals surface area (Å²) in [5, 5.41) is 11.4. The molecule has 1 saturated carbocycles. The van der Waals surface area contributed by atoms with Gasteiger partial charge in [-0.25, -0.2) is 4.79 Å². The van der Waals surface area contributed by atoms with Crippen molar-refractivity contribution in [1.29, 1.82) is 0 Å². The predicted molar refractivity (Wildman–Crippen MR) is 100 cm³/mol. The summed E-state index contributed by atoms with van der Waals surface area (Å²) in [5.41, 5.74) is -0.862. The van der Waals surface area contributed by atoms with Crippen LogP contribution >= 0.6 is 0 Å². The van der Waals surface area contributed by atoms with Crippen LogP contribution < -0.4 is 0 Å². The van der Waals surface area contributed by atoms with E-state index in [0.717, 1.165) is 49.8 Å². The lowest BCUT2D eigenvalue weighted by atomic mass is 9.73. The van der Waals surface area contributed by atoms with Gasteiger partial charge in [-0.15, -0.1) is 0 Å². The topological polar surface area (TPSA) is 46.5 Å². The smallest absolute Gasteiger partial charge is 0.343 e. The molecule has 1 fully saturated rings. The zero-order valence-electron chi connectivity index (χ0n) is 16.0. The molecule has 4 nitrogen and oxygen atoms in total. The first-order valence-corrected chi connectivity index (χ1v) is 9.75. The van der Waals surface area contributed by atoms with Crippen molar-refractivity contribution in [2.45, 2.75) is 51.6 Å². The van der Waals surface area contributed by atoms with Crippen molar-refractivity contribution < 1.29 is 19.1 Å². The van der Waals surface area contributed by atoms with Crippen molar-refractivity contribution in [2.24, 2.45) is 5.92 Å². The third-order valence-corrected chi connectivity index (χ3v) is 6.11. The van der Waals surface area contributed by atoms with Crippen molar-refractivity contribution in [1.82, 2.24) is 0 Å². The van der Waals surface area contributed by atoms with Gasteiger partial charge in [0, 0.05) is 5.92 Å². The Morgan fingerprint density at radius 1 is 1.16 bits per heavy atom. The van der Waals surface area contributed by atoms with Crippen LogP contribution in [0, 0.1) is 5.92 Å². The third-order valence-electron chi connectivity index (χ3n) is 6.11. The molecule has 0 spiro atoms. The molecular formula is C21H34NO3+. The van der Waals surface area contributed by atoms with Gasteiger partial charge >= 0.3 is 5.97 Å². The second-order valence-corrected chi connectivity index (χ2v) is 7.58. The quantitative estimate of drug-likeness (QED) is 0.578. The molecule has 0 aliphatic heterocycles. The number of hydrogen-bond donors (Lipinski definition) is 1. The number of aliphatic hydroxyl groups is 1. The molecule has 0 heterocycles. The lowest BCUT2D eigenvalue weighted by Crippen LogP contribution is -2.48. The minimum absolute atomic E-state index is 0.0608. The first-order valence-electron chi connectivity index (χ1n) is 9.75. The fraction of sp³-hybridized carbons (Fsp3) is 0.667.